The highest BCUT2D eigenvalue weighted by atomic mass is 19.1. The van der Waals surface area contributed by atoms with Crippen LogP contribution in [0, 0.1) is 12.7 Å². The Hall–Kier alpha value is -2.93. The maximum atomic E-state index is 13.6. The molecule has 0 amide bonds. The van der Waals surface area contributed by atoms with E-state index in [-0.39, 0.29) is 5.82 Å². The first-order chi connectivity index (χ1) is 15.1. The minimum atomic E-state index is -0.259. The van der Waals surface area contributed by atoms with E-state index in [0.29, 0.717) is 6.04 Å². The van der Waals surface area contributed by atoms with E-state index in [1.54, 1.807) is 20.3 Å². The van der Waals surface area contributed by atoms with Crippen molar-refractivity contribution in [2.75, 3.05) is 32.2 Å². The number of hydrogen-bond donors (Lipinski definition) is 1. The molecule has 164 valence electrons. The van der Waals surface area contributed by atoms with Crippen LogP contribution in [-0.4, -0.2) is 43.3 Å². The monoisotopic (exact) mass is 424 g/mol. The number of halogens is 1. The smallest absolute Gasteiger partial charge is 0.226 e. The van der Waals surface area contributed by atoms with E-state index < -0.39 is 0 Å². The van der Waals surface area contributed by atoms with Crippen LogP contribution in [0.5, 0.6) is 11.5 Å². The lowest BCUT2D eigenvalue weighted by Gasteiger charge is -2.22. The number of methoxy groups -OCH3 is 2. The molecule has 0 aliphatic carbocycles. The molecule has 1 aliphatic heterocycles. The Labute approximate surface area is 182 Å². The number of fused-ring (bicyclic) bond motifs is 1. The van der Waals surface area contributed by atoms with Crippen LogP contribution in [0.25, 0.3) is 10.9 Å². The van der Waals surface area contributed by atoms with Gasteiger partial charge in [0.1, 0.15) is 5.82 Å². The van der Waals surface area contributed by atoms with E-state index in [4.69, 9.17) is 14.5 Å². The maximum absolute atomic E-state index is 13.6. The van der Waals surface area contributed by atoms with E-state index in [1.165, 1.54) is 17.7 Å². The number of aryl methyl sites for hydroxylation is 1. The summed E-state index contributed by atoms with van der Waals surface area (Å²) in [6.07, 6.45) is 3.17. The zero-order valence-corrected chi connectivity index (χ0v) is 18.3. The number of ether oxygens (including phenoxy) is 2. The van der Waals surface area contributed by atoms with Crippen molar-refractivity contribution in [2.45, 2.75) is 38.8 Å². The molecule has 7 heteroatoms. The first-order valence-electron chi connectivity index (χ1n) is 10.7. The van der Waals surface area contributed by atoms with Gasteiger partial charge in [-0.3, -0.25) is 0 Å². The molecule has 1 saturated heterocycles. The van der Waals surface area contributed by atoms with Crippen molar-refractivity contribution in [3.63, 3.8) is 0 Å². The van der Waals surface area contributed by atoms with Gasteiger partial charge in [0, 0.05) is 31.1 Å². The molecule has 0 bridgehead atoms. The van der Waals surface area contributed by atoms with Gasteiger partial charge in [0.2, 0.25) is 5.95 Å². The summed E-state index contributed by atoms with van der Waals surface area (Å²) >= 11 is 0. The largest absolute Gasteiger partial charge is 0.493 e. The maximum Gasteiger partial charge on any atom is 0.226 e. The zero-order valence-electron chi connectivity index (χ0n) is 18.3. The Bertz CT molecular complexity index is 1060. The third-order valence-electron chi connectivity index (χ3n) is 5.89. The Morgan fingerprint density at radius 2 is 1.87 bits per heavy atom. The van der Waals surface area contributed by atoms with E-state index in [1.807, 2.05) is 19.1 Å². The third kappa shape index (κ3) is 4.88. The Kier molecular flexibility index (Phi) is 6.51. The van der Waals surface area contributed by atoms with Crippen molar-refractivity contribution in [3.8, 4) is 11.5 Å². The summed E-state index contributed by atoms with van der Waals surface area (Å²) in [5.41, 5.74) is 2.77. The van der Waals surface area contributed by atoms with Crippen molar-refractivity contribution in [2.24, 2.45) is 0 Å². The topological polar surface area (TPSA) is 59.5 Å². The summed E-state index contributed by atoms with van der Waals surface area (Å²) in [5, 5.41) is 4.45. The molecule has 1 unspecified atom stereocenters. The van der Waals surface area contributed by atoms with Gasteiger partial charge < -0.3 is 19.7 Å². The zero-order chi connectivity index (χ0) is 21.8. The van der Waals surface area contributed by atoms with Gasteiger partial charge in [0.05, 0.1) is 25.4 Å². The first kappa shape index (κ1) is 21.3. The summed E-state index contributed by atoms with van der Waals surface area (Å²) in [6, 6.07) is 11.1. The van der Waals surface area contributed by atoms with Gasteiger partial charge in [-0.05, 0) is 62.1 Å². The fourth-order valence-corrected chi connectivity index (χ4v) is 4.13. The molecule has 1 aliphatic rings. The second-order valence-corrected chi connectivity index (χ2v) is 7.96. The lowest BCUT2D eigenvalue weighted by Crippen LogP contribution is -2.31. The summed E-state index contributed by atoms with van der Waals surface area (Å²) in [5.74, 6) is 1.96. The molecular weight excluding hydrogens is 395 g/mol. The number of aromatic nitrogens is 2. The highest BCUT2D eigenvalue weighted by Crippen LogP contribution is 2.28. The van der Waals surface area contributed by atoms with Crippen molar-refractivity contribution in [1.82, 2.24) is 15.3 Å². The van der Waals surface area contributed by atoms with Crippen LogP contribution in [0.2, 0.25) is 0 Å². The predicted octanol–water partition coefficient (Wildman–Crippen LogP) is 4.24. The van der Waals surface area contributed by atoms with Crippen molar-refractivity contribution in [1.29, 1.82) is 0 Å². The number of anilines is 1. The Morgan fingerprint density at radius 3 is 2.68 bits per heavy atom. The van der Waals surface area contributed by atoms with Gasteiger partial charge >= 0.3 is 0 Å². The van der Waals surface area contributed by atoms with E-state index in [9.17, 15) is 4.39 Å². The molecular formula is C24H29FN4O2. The number of benzene rings is 2. The quantitative estimate of drug-likeness (QED) is 0.639. The van der Waals surface area contributed by atoms with Gasteiger partial charge in [-0.1, -0.05) is 6.07 Å². The van der Waals surface area contributed by atoms with Crippen LogP contribution in [-0.2, 0) is 6.54 Å². The van der Waals surface area contributed by atoms with Crippen LogP contribution in [0.4, 0.5) is 10.3 Å². The molecule has 0 spiro atoms. The summed E-state index contributed by atoms with van der Waals surface area (Å²) in [7, 11) is 3.30. The average Bonchev–Trinajstić information content (AvgIpc) is 3.03. The molecule has 3 aromatic rings. The SMILES string of the molecule is COc1ccc(CNC2CCCN(c3nc(C)c4cc(F)ccc4n3)CC2)cc1OC. The normalized spacial score (nSPS) is 16.9. The Morgan fingerprint density at radius 1 is 1.03 bits per heavy atom. The number of nitrogens with one attached hydrogen (secondary N) is 1. The molecule has 31 heavy (non-hydrogen) atoms. The molecule has 6 nitrogen and oxygen atoms in total. The Balaban J connectivity index is 1.40. The van der Waals surface area contributed by atoms with Gasteiger partial charge in [0.15, 0.2) is 11.5 Å². The second kappa shape index (κ2) is 9.47. The second-order valence-electron chi connectivity index (χ2n) is 7.96. The molecule has 2 aromatic carbocycles. The van der Waals surface area contributed by atoms with Crippen molar-refractivity contribution >= 4 is 16.9 Å². The summed E-state index contributed by atoms with van der Waals surface area (Å²) < 4.78 is 24.3. The highest BCUT2D eigenvalue weighted by Gasteiger charge is 2.20. The van der Waals surface area contributed by atoms with E-state index >= 15 is 0 Å². The number of nitrogens with zero attached hydrogens (tertiary/aromatic N) is 3. The van der Waals surface area contributed by atoms with Crippen LogP contribution in [0.3, 0.4) is 0 Å². The minimum Gasteiger partial charge on any atom is -0.493 e. The van der Waals surface area contributed by atoms with Gasteiger partial charge in [-0.2, -0.15) is 0 Å². The average molecular weight is 425 g/mol. The first-order valence-corrected chi connectivity index (χ1v) is 10.7. The molecule has 1 fully saturated rings. The van der Waals surface area contributed by atoms with Crippen molar-refractivity contribution in [3.05, 3.63) is 53.5 Å². The van der Waals surface area contributed by atoms with Gasteiger partial charge in [-0.25, -0.2) is 14.4 Å². The standard InChI is InChI=1S/C24H29FN4O2/c1-16-20-14-18(25)7-8-21(20)28-24(27-16)29-11-4-5-19(10-12-29)26-15-17-6-9-22(30-2)23(13-17)31-3/h6-9,13-14,19,26H,4-5,10-12,15H2,1-3H3. The van der Waals surface area contributed by atoms with Crippen LogP contribution >= 0.6 is 0 Å². The molecule has 1 N–H and O–H groups in total. The number of rotatable bonds is 6. The molecule has 4 rings (SSSR count). The minimum absolute atomic E-state index is 0.259. The fraction of sp³-hybridized carbons (Fsp3) is 0.417. The molecule has 2 heterocycles. The van der Waals surface area contributed by atoms with Crippen LogP contribution in [0.15, 0.2) is 36.4 Å². The van der Waals surface area contributed by atoms with Crippen LogP contribution < -0.4 is 19.7 Å². The van der Waals surface area contributed by atoms with Gasteiger partial charge in [-0.15, -0.1) is 0 Å². The number of hydrogen-bond acceptors (Lipinski definition) is 6. The predicted molar refractivity (Wildman–Crippen MR) is 120 cm³/mol. The lowest BCUT2D eigenvalue weighted by atomic mass is 10.1. The molecule has 1 atom stereocenters. The van der Waals surface area contributed by atoms with Crippen molar-refractivity contribution < 1.29 is 13.9 Å². The summed E-state index contributed by atoms with van der Waals surface area (Å²) in [6.45, 7) is 4.50. The summed E-state index contributed by atoms with van der Waals surface area (Å²) in [4.78, 5) is 11.6. The highest BCUT2D eigenvalue weighted by molar-refractivity contribution is 5.81. The molecule has 0 radical (unpaired) electrons. The van der Waals surface area contributed by atoms with E-state index in [0.717, 1.165) is 72.9 Å². The molecule has 0 saturated carbocycles. The lowest BCUT2D eigenvalue weighted by molar-refractivity contribution is 0.354. The van der Waals surface area contributed by atoms with Gasteiger partial charge in [0.25, 0.3) is 0 Å². The van der Waals surface area contributed by atoms with Crippen LogP contribution in [0.1, 0.15) is 30.5 Å². The third-order valence-corrected chi connectivity index (χ3v) is 5.89. The van der Waals surface area contributed by atoms with E-state index in [2.05, 4.69) is 21.3 Å². The molecule has 1 aromatic heterocycles. The fourth-order valence-electron chi connectivity index (χ4n) is 4.13.